The molecule has 18 heavy (non-hydrogen) atoms. The van der Waals surface area contributed by atoms with Gasteiger partial charge in [0.2, 0.25) is 0 Å². The van der Waals surface area contributed by atoms with Crippen LogP contribution in [0.5, 0.6) is 0 Å². The number of nitrogens with one attached hydrogen (secondary N) is 1. The van der Waals surface area contributed by atoms with E-state index in [1.165, 1.54) is 50.2 Å². The standard InChI is InChI=1S/C15H29NOS/c1-3-16-12-13(2)10-14-4-7-17-15(11-14)5-8-18-9-6-15/h13-14,16H,3-12H2,1-2H3. The van der Waals surface area contributed by atoms with Crippen molar-refractivity contribution in [1.29, 1.82) is 0 Å². The largest absolute Gasteiger partial charge is 0.375 e. The van der Waals surface area contributed by atoms with Crippen molar-refractivity contribution in [3.05, 3.63) is 0 Å². The molecule has 2 nitrogen and oxygen atoms in total. The zero-order chi connectivity index (χ0) is 12.8. The monoisotopic (exact) mass is 271 g/mol. The highest BCUT2D eigenvalue weighted by molar-refractivity contribution is 7.99. The van der Waals surface area contributed by atoms with E-state index < -0.39 is 0 Å². The van der Waals surface area contributed by atoms with E-state index in [-0.39, 0.29) is 5.60 Å². The maximum absolute atomic E-state index is 6.17. The van der Waals surface area contributed by atoms with E-state index in [0.29, 0.717) is 0 Å². The Morgan fingerprint density at radius 1 is 1.39 bits per heavy atom. The van der Waals surface area contributed by atoms with Crippen molar-refractivity contribution in [2.75, 3.05) is 31.2 Å². The van der Waals surface area contributed by atoms with Crippen molar-refractivity contribution in [3.63, 3.8) is 0 Å². The lowest BCUT2D eigenvalue weighted by Crippen LogP contribution is -2.43. The topological polar surface area (TPSA) is 21.3 Å². The van der Waals surface area contributed by atoms with E-state index in [9.17, 15) is 0 Å². The van der Waals surface area contributed by atoms with Crippen molar-refractivity contribution >= 4 is 11.8 Å². The highest BCUT2D eigenvalue weighted by atomic mass is 32.2. The molecule has 3 heteroatoms. The summed E-state index contributed by atoms with van der Waals surface area (Å²) in [5.74, 6) is 4.32. The van der Waals surface area contributed by atoms with Crippen LogP contribution in [-0.4, -0.2) is 36.8 Å². The molecule has 2 saturated heterocycles. The number of thioether (sulfide) groups is 1. The average molecular weight is 271 g/mol. The third kappa shape index (κ3) is 4.14. The van der Waals surface area contributed by atoms with Gasteiger partial charge >= 0.3 is 0 Å². The number of hydrogen-bond acceptors (Lipinski definition) is 3. The Balaban J connectivity index is 1.79. The van der Waals surface area contributed by atoms with Gasteiger partial charge in [0.15, 0.2) is 0 Å². The van der Waals surface area contributed by atoms with Crippen LogP contribution in [0.2, 0.25) is 0 Å². The van der Waals surface area contributed by atoms with Crippen LogP contribution in [0, 0.1) is 11.8 Å². The molecule has 0 amide bonds. The molecule has 0 aliphatic carbocycles. The first-order chi connectivity index (χ1) is 8.74. The Labute approximate surface area is 117 Å². The molecular weight excluding hydrogens is 242 g/mol. The van der Waals surface area contributed by atoms with Gasteiger partial charge in [0, 0.05) is 6.61 Å². The normalized spacial score (nSPS) is 29.3. The van der Waals surface area contributed by atoms with E-state index in [4.69, 9.17) is 4.74 Å². The Bertz CT molecular complexity index is 235. The van der Waals surface area contributed by atoms with Crippen molar-refractivity contribution in [2.24, 2.45) is 11.8 Å². The Kier molecular flexibility index (Phi) is 5.84. The first-order valence-electron chi connectivity index (χ1n) is 7.66. The Hall–Kier alpha value is 0.270. The maximum Gasteiger partial charge on any atom is 0.0700 e. The molecule has 1 N–H and O–H groups in total. The fourth-order valence-corrected chi connectivity index (χ4v) is 4.70. The van der Waals surface area contributed by atoms with E-state index in [0.717, 1.165) is 25.0 Å². The zero-order valence-corrected chi connectivity index (χ0v) is 12.9. The van der Waals surface area contributed by atoms with Crippen molar-refractivity contribution < 1.29 is 4.74 Å². The first-order valence-corrected chi connectivity index (χ1v) is 8.82. The first kappa shape index (κ1) is 14.7. The molecule has 0 saturated carbocycles. The predicted octanol–water partition coefficient (Wildman–Crippen LogP) is 3.31. The van der Waals surface area contributed by atoms with Crippen LogP contribution in [-0.2, 0) is 4.74 Å². The lowest BCUT2D eigenvalue weighted by atomic mass is 9.78. The van der Waals surface area contributed by atoms with Crippen molar-refractivity contribution in [3.8, 4) is 0 Å². The second-order valence-electron chi connectivity index (χ2n) is 6.15. The number of ether oxygens (including phenoxy) is 1. The van der Waals surface area contributed by atoms with Gasteiger partial charge in [0.25, 0.3) is 0 Å². The average Bonchev–Trinajstić information content (AvgIpc) is 2.37. The molecule has 2 heterocycles. The molecule has 1 spiro atoms. The molecule has 2 atom stereocenters. The van der Waals surface area contributed by atoms with Gasteiger partial charge < -0.3 is 10.1 Å². The van der Waals surface area contributed by atoms with E-state index in [2.05, 4.69) is 30.9 Å². The van der Waals surface area contributed by atoms with Crippen LogP contribution in [0.3, 0.4) is 0 Å². The smallest absolute Gasteiger partial charge is 0.0700 e. The van der Waals surface area contributed by atoms with Gasteiger partial charge in [-0.1, -0.05) is 13.8 Å². The summed E-state index contributed by atoms with van der Waals surface area (Å²) in [7, 11) is 0. The minimum atomic E-state index is 0.270. The fourth-order valence-electron chi connectivity index (χ4n) is 3.47. The number of rotatable bonds is 5. The highest BCUT2D eigenvalue weighted by Gasteiger charge is 2.38. The van der Waals surface area contributed by atoms with Gasteiger partial charge in [-0.15, -0.1) is 0 Å². The zero-order valence-electron chi connectivity index (χ0n) is 12.0. The summed E-state index contributed by atoms with van der Waals surface area (Å²) in [4.78, 5) is 0. The predicted molar refractivity (Wildman–Crippen MR) is 80.3 cm³/mol. The molecule has 2 unspecified atom stereocenters. The molecule has 0 aromatic rings. The SMILES string of the molecule is CCNCC(C)CC1CCOC2(CCSCC2)C1. The van der Waals surface area contributed by atoms with Gasteiger partial charge in [-0.2, -0.15) is 11.8 Å². The van der Waals surface area contributed by atoms with Gasteiger partial charge in [-0.05, 0) is 68.5 Å². The summed E-state index contributed by atoms with van der Waals surface area (Å²) >= 11 is 2.10. The van der Waals surface area contributed by atoms with Crippen LogP contribution in [0.1, 0.15) is 46.0 Å². The van der Waals surface area contributed by atoms with Crippen LogP contribution in [0.4, 0.5) is 0 Å². The van der Waals surface area contributed by atoms with Crippen molar-refractivity contribution in [1.82, 2.24) is 5.32 Å². The quantitative estimate of drug-likeness (QED) is 0.829. The van der Waals surface area contributed by atoms with Crippen LogP contribution in [0.25, 0.3) is 0 Å². The molecule has 106 valence electrons. The summed E-state index contributed by atoms with van der Waals surface area (Å²) in [6, 6.07) is 0. The van der Waals surface area contributed by atoms with Crippen LogP contribution < -0.4 is 5.32 Å². The van der Waals surface area contributed by atoms with Gasteiger partial charge in [0.1, 0.15) is 0 Å². The highest BCUT2D eigenvalue weighted by Crippen LogP contribution is 2.41. The van der Waals surface area contributed by atoms with Crippen LogP contribution in [0.15, 0.2) is 0 Å². The molecule has 2 aliphatic rings. The minimum absolute atomic E-state index is 0.270. The Morgan fingerprint density at radius 3 is 2.89 bits per heavy atom. The molecule has 2 aliphatic heterocycles. The minimum Gasteiger partial charge on any atom is -0.375 e. The third-order valence-electron chi connectivity index (χ3n) is 4.48. The summed E-state index contributed by atoms with van der Waals surface area (Å²) in [5, 5.41) is 3.47. The second kappa shape index (κ2) is 7.16. The van der Waals surface area contributed by atoms with Gasteiger partial charge in [-0.3, -0.25) is 0 Å². The van der Waals surface area contributed by atoms with E-state index >= 15 is 0 Å². The lowest BCUT2D eigenvalue weighted by Gasteiger charge is -2.44. The molecule has 0 bridgehead atoms. The molecule has 2 rings (SSSR count). The Morgan fingerprint density at radius 2 is 2.17 bits per heavy atom. The second-order valence-corrected chi connectivity index (χ2v) is 7.38. The van der Waals surface area contributed by atoms with Gasteiger partial charge in [-0.25, -0.2) is 0 Å². The van der Waals surface area contributed by atoms with E-state index in [1.807, 2.05) is 0 Å². The molecular formula is C15H29NOS. The summed E-state index contributed by atoms with van der Waals surface area (Å²) < 4.78 is 6.17. The van der Waals surface area contributed by atoms with Gasteiger partial charge in [0.05, 0.1) is 5.60 Å². The summed E-state index contributed by atoms with van der Waals surface area (Å²) in [6.45, 7) is 7.86. The molecule has 0 radical (unpaired) electrons. The third-order valence-corrected chi connectivity index (χ3v) is 5.46. The summed E-state index contributed by atoms with van der Waals surface area (Å²) in [6.07, 6.45) is 6.56. The van der Waals surface area contributed by atoms with Crippen molar-refractivity contribution in [2.45, 2.75) is 51.6 Å². The maximum atomic E-state index is 6.17. The summed E-state index contributed by atoms with van der Waals surface area (Å²) in [5.41, 5.74) is 0.270. The lowest BCUT2D eigenvalue weighted by molar-refractivity contribution is -0.104. The molecule has 0 aromatic heterocycles. The molecule has 2 fully saturated rings. The fraction of sp³-hybridized carbons (Fsp3) is 1.00. The van der Waals surface area contributed by atoms with E-state index in [1.54, 1.807) is 0 Å². The van der Waals surface area contributed by atoms with Crippen LogP contribution >= 0.6 is 11.8 Å². The molecule has 0 aromatic carbocycles. The number of hydrogen-bond donors (Lipinski definition) is 1.